The Morgan fingerprint density at radius 1 is 1.29 bits per heavy atom. The van der Waals surface area contributed by atoms with Gasteiger partial charge in [-0.3, -0.25) is 4.79 Å². The number of benzene rings is 1. The van der Waals surface area contributed by atoms with Crippen molar-refractivity contribution in [3.05, 3.63) is 34.9 Å². The molecule has 0 radical (unpaired) electrons. The highest BCUT2D eigenvalue weighted by Crippen LogP contribution is 2.33. The van der Waals surface area contributed by atoms with Gasteiger partial charge in [-0.25, -0.2) is 0 Å². The van der Waals surface area contributed by atoms with Gasteiger partial charge in [0.25, 0.3) is 0 Å². The molecule has 0 atom stereocenters. The van der Waals surface area contributed by atoms with E-state index in [9.17, 15) is 18.0 Å². The summed E-state index contributed by atoms with van der Waals surface area (Å²) >= 11 is 0. The molecular weight excluding hydrogens is 229 g/mol. The van der Waals surface area contributed by atoms with Crippen LogP contribution in [-0.2, 0) is 6.18 Å². The largest absolute Gasteiger partial charge is 0.416 e. The number of hydrogen-bond acceptors (Lipinski definition) is 1. The van der Waals surface area contributed by atoms with E-state index in [-0.39, 0.29) is 11.7 Å². The Bertz CT molecular complexity index is 444. The first-order valence-corrected chi connectivity index (χ1v) is 5.61. The molecule has 0 saturated heterocycles. The molecule has 1 aromatic rings. The van der Waals surface area contributed by atoms with Crippen molar-refractivity contribution >= 4 is 5.78 Å². The molecule has 17 heavy (non-hydrogen) atoms. The third-order valence-electron chi connectivity index (χ3n) is 3.30. The summed E-state index contributed by atoms with van der Waals surface area (Å²) in [6, 6.07) is 3.34. The topological polar surface area (TPSA) is 17.1 Å². The maximum absolute atomic E-state index is 12.5. The highest BCUT2D eigenvalue weighted by atomic mass is 19.4. The molecule has 1 aliphatic rings. The van der Waals surface area contributed by atoms with Gasteiger partial charge < -0.3 is 0 Å². The van der Waals surface area contributed by atoms with Gasteiger partial charge in [-0.15, -0.1) is 0 Å². The van der Waals surface area contributed by atoms with Crippen molar-refractivity contribution in [1.29, 1.82) is 0 Å². The van der Waals surface area contributed by atoms with Crippen molar-refractivity contribution < 1.29 is 18.0 Å². The third-order valence-corrected chi connectivity index (χ3v) is 3.30. The summed E-state index contributed by atoms with van der Waals surface area (Å²) in [7, 11) is 0. The van der Waals surface area contributed by atoms with Crippen LogP contribution in [0.15, 0.2) is 18.2 Å². The lowest BCUT2D eigenvalue weighted by atomic mass is 9.79. The predicted octanol–water partition coefficient (Wildman–Crippen LogP) is 4.00. The first-order valence-electron chi connectivity index (χ1n) is 5.61. The second kappa shape index (κ2) is 4.17. The summed E-state index contributed by atoms with van der Waals surface area (Å²) in [6.45, 7) is 1.56. The van der Waals surface area contributed by atoms with Crippen LogP contribution in [0.5, 0.6) is 0 Å². The molecule has 4 heteroatoms. The van der Waals surface area contributed by atoms with Gasteiger partial charge in [0.05, 0.1) is 5.56 Å². The second-order valence-corrected chi connectivity index (χ2v) is 4.52. The fraction of sp³-hybridized carbons (Fsp3) is 0.462. The number of carbonyl (C=O) groups excluding carboxylic acids is 1. The Morgan fingerprint density at radius 2 is 1.94 bits per heavy atom. The number of Topliss-reactive ketones (excluding diaryl/α,β-unsaturated/α-hetero) is 1. The van der Waals surface area contributed by atoms with Crippen LogP contribution in [0.2, 0.25) is 0 Å². The maximum atomic E-state index is 12.5. The molecule has 0 heterocycles. The lowest BCUT2D eigenvalue weighted by Gasteiger charge is -2.24. The van der Waals surface area contributed by atoms with E-state index in [0.717, 1.165) is 31.4 Å². The highest BCUT2D eigenvalue weighted by Gasteiger charge is 2.32. The number of carbonyl (C=O) groups is 1. The molecular formula is C13H13F3O. The molecule has 0 N–H and O–H groups in total. The van der Waals surface area contributed by atoms with Crippen LogP contribution >= 0.6 is 0 Å². The predicted molar refractivity (Wildman–Crippen MR) is 57.9 cm³/mol. The SMILES string of the molecule is Cc1cc(C(F)(F)F)ccc1C(=O)C1CCC1. The average molecular weight is 242 g/mol. The number of hydrogen-bond donors (Lipinski definition) is 0. The lowest BCUT2D eigenvalue weighted by molar-refractivity contribution is -0.137. The van der Waals surface area contributed by atoms with Crippen LogP contribution in [0.1, 0.15) is 40.7 Å². The van der Waals surface area contributed by atoms with E-state index in [2.05, 4.69) is 0 Å². The van der Waals surface area contributed by atoms with Gasteiger partial charge in [-0.05, 0) is 37.5 Å². The number of alkyl halides is 3. The van der Waals surface area contributed by atoms with E-state index in [4.69, 9.17) is 0 Å². The van der Waals surface area contributed by atoms with E-state index >= 15 is 0 Å². The van der Waals surface area contributed by atoms with Crippen molar-refractivity contribution in [2.75, 3.05) is 0 Å². The molecule has 1 nitrogen and oxygen atoms in total. The number of halogens is 3. The van der Waals surface area contributed by atoms with Crippen LogP contribution in [0.3, 0.4) is 0 Å². The van der Waals surface area contributed by atoms with E-state index in [1.807, 2.05) is 0 Å². The minimum Gasteiger partial charge on any atom is -0.294 e. The van der Waals surface area contributed by atoms with Gasteiger partial charge in [0.1, 0.15) is 0 Å². The van der Waals surface area contributed by atoms with Crippen molar-refractivity contribution in [3.8, 4) is 0 Å². The van der Waals surface area contributed by atoms with Gasteiger partial charge >= 0.3 is 6.18 Å². The number of rotatable bonds is 2. The molecule has 1 aliphatic carbocycles. The number of aryl methyl sites for hydroxylation is 1. The maximum Gasteiger partial charge on any atom is 0.416 e. The van der Waals surface area contributed by atoms with Crippen LogP contribution in [0.25, 0.3) is 0 Å². The Kier molecular flexibility index (Phi) is 2.98. The van der Waals surface area contributed by atoms with Crippen LogP contribution in [0, 0.1) is 12.8 Å². The highest BCUT2D eigenvalue weighted by molar-refractivity contribution is 5.99. The number of ketones is 1. The monoisotopic (exact) mass is 242 g/mol. The van der Waals surface area contributed by atoms with Crippen LogP contribution < -0.4 is 0 Å². The van der Waals surface area contributed by atoms with Crippen molar-refractivity contribution in [3.63, 3.8) is 0 Å². The molecule has 1 aromatic carbocycles. The Morgan fingerprint density at radius 3 is 2.35 bits per heavy atom. The molecule has 0 bridgehead atoms. The first kappa shape index (κ1) is 12.1. The standard InChI is InChI=1S/C13H13F3O/c1-8-7-10(13(14,15)16)5-6-11(8)12(17)9-3-2-4-9/h5-7,9H,2-4H2,1H3. The summed E-state index contributed by atoms with van der Waals surface area (Å²) in [6.07, 6.45) is -1.59. The average Bonchev–Trinajstić information content (AvgIpc) is 2.12. The zero-order valence-electron chi connectivity index (χ0n) is 9.47. The van der Waals surface area contributed by atoms with Gasteiger partial charge in [0, 0.05) is 11.5 Å². The molecule has 1 fully saturated rings. The van der Waals surface area contributed by atoms with Crippen molar-refractivity contribution in [2.45, 2.75) is 32.4 Å². The zero-order chi connectivity index (χ0) is 12.6. The van der Waals surface area contributed by atoms with Crippen LogP contribution in [-0.4, -0.2) is 5.78 Å². The van der Waals surface area contributed by atoms with Gasteiger partial charge in [-0.2, -0.15) is 13.2 Å². The molecule has 92 valence electrons. The first-order chi connectivity index (χ1) is 7.89. The van der Waals surface area contributed by atoms with E-state index < -0.39 is 11.7 Å². The van der Waals surface area contributed by atoms with Gasteiger partial charge in [-0.1, -0.05) is 12.5 Å². The van der Waals surface area contributed by atoms with E-state index in [1.165, 1.54) is 6.07 Å². The van der Waals surface area contributed by atoms with E-state index in [1.54, 1.807) is 6.92 Å². The van der Waals surface area contributed by atoms with Gasteiger partial charge in [0.2, 0.25) is 0 Å². The quantitative estimate of drug-likeness (QED) is 0.716. The summed E-state index contributed by atoms with van der Waals surface area (Å²) in [5, 5.41) is 0. The zero-order valence-corrected chi connectivity index (χ0v) is 9.47. The van der Waals surface area contributed by atoms with E-state index in [0.29, 0.717) is 11.1 Å². The molecule has 0 spiro atoms. The summed E-state index contributed by atoms with van der Waals surface area (Å²) in [5.74, 6) is 0.00733. The summed E-state index contributed by atoms with van der Waals surface area (Å²) < 4.78 is 37.4. The fourth-order valence-electron chi connectivity index (χ4n) is 2.01. The molecule has 2 rings (SSSR count). The van der Waals surface area contributed by atoms with Crippen LogP contribution in [0.4, 0.5) is 13.2 Å². The smallest absolute Gasteiger partial charge is 0.294 e. The minimum absolute atomic E-state index is 0.0116. The molecule has 0 amide bonds. The second-order valence-electron chi connectivity index (χ2n) is 4.52. The Labute approximate surface area is 97.6 Å². The Hall–Kier alpha value is -1.32. The summed E-state index contributed by atoms with van der Waals surface area (Å²) in [5.41, 5.74) is 0.152. The van der Waals surface area contributed by atoms with Crippen molar-refractivity contribution in [2.24, 2.45) is 5.92 Å². The summed E-state index contributed by atoms with van der Waals surface area (Å²) in [4.78, 5) is 11.9. The normalized spacial score (nSPS) is 16.7. The lowest BCUT2D eigenvalue weighted by Crippen LogP contribution is -2.22. The fourth-order valence-corrected chi connectivity index (χ4v) is 2.01. The molecule has 0 aliphatic heterocycles. The molecule has 0 aromatic heterocycles. The minimum atomic E-state index is -4.34. The van der Waals surface area contributed by atoms with Crippen molar-refractivity contribution in [1.82, 2.24) is 0 Å². The van der Waals surface area contributed by atoms with Gasteiger partial charge in [0.15, 0.2) is 5.78 Å². The Balaban J connectivity index is 2.28. The third kappa shape index (κ3) is 2.35. The molecule has 0 unspecified atom stereocenters. The molecule has 1 saturated carbocycles.